The van der Waals surface area contributed by atoms with Crippen LogP contribution in [0.4, 0.5) is 4.39 Å². The summed E-state index contributed by atoms with van der Waals surface area (Å²) in [6, 6.07) is 6.41. The average Bonchev–Trinajstić information content (AvgIpc) is 2.98. The summed E-state index contributed by atoms with van der Waals surface area (Å²) in [7, 11) is 3.86. The smallest absolute Gasteiger partial charge is 0.194 e. The Morgan fingerprint density at radius 2 is 2.07 bits per heavy atom. The number of aryl methyl sites for hydroxylation is 1. The number of aliphatic imine (C=N–C) groups is 1. The van der Waals surface area contributed by atoms with Crippen molar-refractivity contribution in [2.45, 2.75) is 33.2 Å². The molecule has 0 bridgehead atoms. The molecule has 0 fully saturated rings. The fraction of sp³-hybridized carbons (Fsp3) is 0.526. The Bertz CT molecular complexity index is 752. The van der Waals surface area contributed by atoms with Crippen LogP contribution in [-0.2, 0) is 13.6 Å². The summed E-state index contributed by atoms with van der Waals surface area (Å²) in [5, 5.41) is 11.6. The highest BCUT2D eigenvalue weighted by atomic mass is 127. The van der Waals surface area contributed by atoms with Gasteiger partial charge in [-0.05, 0) is 25.5 Å². The van der Waals surface area contributed by atoms with E-state index in [9.17, 15) is 4.39 Å². The number of benzene rings is 1. The van der Waals surface area contributed by atoms with Gasteiger partial charge in [0.15, 0.2) is 23.4 Å². The molecule has 2 rings (SSSR count). The summed E-state index contributed by atoms with van der Waals surface area (Å²) in [5.74, 6) is 2.33. The Morgan fingerprint density at radius 1 is 1.32 bits per heavy atom. The lowest BCUT2D eigenvalue weighted by Gasteiger charge is -2.22. The molecule has 2 aromatic rings. The number of hydrogen-bond donors (Lipinski definition) is 1. The van der Waals surface area contributed by atoms with Crippen molar-refractivity contribution < 1.29 is 9.13 Å². The number of aromatic nitrogens is 3. The van der Waals surface area contributed by atoms with E-state index in [1.165, 1.54) is 6.07 Å². The third kappa shape index (κ3) is 7.25. The van der Waals surface area contributed by atoms with Gasteiger partial charge in [-0.25, -0.2) is 9.38 Å². The SMILES string of the molecule is CCCCNC(=NCc1nnc(C)n1C)N(C)CCOc1ccccc1F.I. The largest absolute Gasteiger partial charge is 0.489 e. The lowest BCUT2D eigenvalue weighted by molar-refractivity contribution is 0.270. The second-order valence-electron chi connectivity index (χ2n) is 6.34. The average molecular weight is 504 g/mol. The summed E-state index contributed by atoms with van der Waals surface area (Å²) in [6.45, 7) is 6.26. The van der Waals surface area contributed by atoms with Gasteiger partial charge in [-0.1, -0.05) is 25.5 Å². The van der Waals surface area contributed by atoms with Crippen LogP contribution in [0, 0.1) is 12.7 Å². The highest BCUT2D eigenvalue weighted by molar-refractivity contribution is 14.0. The summed E-state index contributed by atoms with van der Waals surface area (Å²) in [5.41, 5.74) is 0. The van der Waals surface area contributed by atoms with Crippen LogP contribution in [0.5, 0.6) is 5.75 Å². The minimum atomic E-state index is -0.354. The molecule has 9 heteroatoms. The molecule has 0 saturated carbocycles. The van der Waals surface area contributed by atoms with Crippen molar-refractivity contribution in [3.63, 3.8) is 0 Å². The molecule has 28 heavy (non-hydrogen) atoms. The van der Waals surface area contributed by atoms with Crippen molar-refractivity contribution in [1.29, 1.82) is 0 Å². The summed E-state index contributed by atoms with van der Waals surface area (Å²) < 4.78 is 21.1. The molecule has 0 aliphatic heterocycles. The maximum absolute atomic E-state index is 13.6. The Labute approximate surface area is 183 Å². The van der Waals surface area contributed by atoms with Gasteiger partial charge in [0.1, 0.15) is 19.0 Å². The zero-order chi connectivity index (χ0) is 19.6. The number of hydrogen-bond acceptors (Lipinski definition) is 4. The van der Waals surface area contributed by atoms with E-state index in [0.29, 0.717) is 19.7 Å². The van der Waals surface area contributed by atoms with E-state index in [-0.39, 0.29) is 35.5 Å². The fourth-order valence-electron chi connectivity index (χ4n) is 2.38. The molecule has 1 aromatic carbocycles. The second kappa shape index (κ2) is 12.5. The van der Waals surface area contributed by atoms with E-state index in [1.54, 1.807) is 18.2 Å². The molecule has 1 aromatic heterocycles. The van der Waals surface area contributed by atoms with Crippen LogP contribution in [0.2, 0.25) is 0 Å². The van der Waals surface area contributed by atoms with E-state index >= 15 is 0 Å². The standard InChI is InChI=1S/C19H29FN6O.HI/c1-5-6-11-21-19(22-14-18-24-23-15(2)26(18)4)25(3)12-13-27-17-10-8-7-9-16(17)20;/h7-10H,5-6,11-14H2,1-4H3,(H,21,22);1H. The van der Waals surface area contributed by atoms with Gasteiger partial charge in [-0.3, -0.25) is 0 Å². The van der Waals surface area contributed by atoms with Gasteiger partial charge in [-0.2, -0.15) is 0 Å². The number of ether oxygens (including phenoxy) is 1. The van der Waals surface area contributed by atoms with Gasteiger partial charge in [0.05, 0.1) is 6.54 Å². The molecular weight excluding hydrogens is 474 g/mol. The van der Waals surface area contributed by atoms with Crippen molar-refractivity contribution in [1.82, 2.24) is 25.0 Å². The number of para-hydroxylation sites is 1. The zero-order valence-corrected chi connectivity index (χ0v) is 19.3. The molecule has 0 amide bonds. The van der Waals surface area contributed by atoms with E-state index < -0.39 is 0 Å². The van der Waals surface area contributed by atoms with Crippen LogP contribution >= 0.6 is 24.0 Å². The van der Waals surface area contributed by atoms with Crippen LogP contribution < -0.4 is 10.1 Å². The monoisotopic (exact) mass is 504 g/mol. The van der Waals surface area contributed by atoms with Crippen molar-refractivity contribution in [3.05, 3.63) is 41.7 Å². The summed E-state index contributed by atoms with van der Waals surface area (Å²) in [6.07, 6.45) is 2.16. The number of guanidine groups is 1. The number of halogens is 2. The number of likely N-dealkylation sites (N-methyl/N-ethyl adjacent to an activating group) is 1. The molecule has 0 atom stereocenters. The van der Waals surface area contributed by atoms with Gasteiger partial charge in [0.25, 0.3) is 0 Å². The maximum Gasteiger partial charge on any atom is 0.194 e. The van der Waals surface area contributed by atoms with E-state index in [4.69, 9.17) is 4.74 Å². The highest BCUT2D eigenvalue weighted by Gasteiger charge is 2.09. The first-order chi connectivity index (χ1) is 13.0. The molecule has 1 N–H and O–H groups in total. The van der Waals surface area contributed by atoms with Crippen LogP contribution in [-0.4, -0.2) is 52.4 Å². The lowest BCUT2D eigenvalue weighted by Crippen LogP contribution is -2.41. The van der Waals surface area contributed by atoms with Gasteiger partial charge >= 0.3 is 0 Å². The first-order valence-corrected chi connectivity index (χ1v) is 9.24. The van der Waals surface area contributed by atoms with Crippen LogP contribution in [0.25, 0.3) is 0 Å². The number of nitrogens with zero attached hydrogens (tertiary/aromatic N) is 5. The van der Waals surface area contributed by atoms with Crippen molar-refractivity contribution in [2.75, 3.05) is 26.7 Å². The quantitative estimate of drug-likeness (QED) is 0.246. The molecule has 0 aliphatic carbocycles. The topological polar surface area (TPSA) is 67.6 Å². The predicted octanol–water partition coefficient (Wildman–Crippen LogP) is 3.14. The molecule has 156 valence electrons. The third-order valence-corrected chi connectivity index (χ3v) is 4.25. The first-order valence-electron chi connectivity index (χ1n) is 9.24. The molecule has 0 saturated heterocycles. The number of nitrogens with one attached hydrogen (secondary N) is 1. The Balaban J connectivity index is 0.00000392. The lowest BCUT2D eigenvalue weighted by atomic mass is 10.3. The normalized spacial score (nSPS) is 11.1. The molecule has 7 nitrogen and oxygen atoms in total. The molecule has 0 radical (unpaired) electrons. The van der Waals surface area contributed by atoms with Crippen molar-refractivity contribution >= 4 is 29.9 Å². The van der Waals surface area contributed by atoms with Crippen molar-refractivity contribution in [2.24, 2.45) is 12.0 Å². The Kier molecular flexibility index (Phi) is 10.8. The fourth-order valence-corrected chi connectivity index (χ4v) is 2.38. The summed E-state index contributed by atoms with van der Waals surface area (Å²) >= 11 is 0. The predicted molar refractivity (Wildman–Crippen MR) is 120 cm³/mol. The van der Waals surface area contributed by atoms with Gasteiger partial charge in [0, 0.05) is 20.6 Å². The summed E-state index contributed by atoms with van der Waals surface area (Å²) in [4.78, 5) is 6.63. The van der Waals surface area contributed by atoms with Crippen LogP contribution in [0.1, 0.15) is 31.4 Å². The molecular formula is C19H30FIN6O. The van der Waals surface area contributed by atoms with Gasteiger partial charge < -0.3 is 19.5 Å². The number of unbranched alkanes of at least 4 members (excludes halogenated alkanes) is 1. The number of rotatable bonds is 9. The molecule has 0 aliphatic rings. The zero-order valence-electron chi connectivity index (χ0n) is 17.0. The van der Waals surface area contributed by atoms with Crippen molar-refractivity contribution in [3.8, 4) is 5.75 Å². The Hall–Kier alpha value is -1.91. The van der Waals surface area contributed by atoms with E-state index in [1.807, 2.05) is 30.5 Å². The second-order valence-corrected chi connectivity index (χ2v) is 6.34. The van der Waals surface area contributed by atoms with E-state index in [2.05, 4.69) is 27.4 Å². The highest BCUT2D eigenvalue weighted by Crippen LogP contribution is 2.15. The van der Waals surface area contributed by atoms with Crippen LogP contribution in [0.3, 0.4) is 0 Å². The Morgan fingerprint density at radius 3 is 2.71 bits per heavy atom. The van der Waals surface area contributed by atoms with Gasteiger partial charge in [0.2, 0.25) is 0 Å². The van der Waals surface area contributed by atoms with Crippen LogP contribution in [0.15, 0.2) is 29.3 Å². The first kappa shape index (κ1) is 24.1. The van der Waals surface area contributed by atoms with Gasteiger partial charge in [-0.15, -0.1) is 34.2 Å². The van der Waals surface area contributed by atoms with E-state index in [0.717, 1.165) is 37.0 Å². The third-order valence-electron chi connectivity index (χ3n) is 4.25. The molecule has 1 heterocycles. The maximum atomic E-state index is 13.6. The minimum absolute atomic E-state index is 0. The molecule has 0 unspecified atom stereocenters. The minimum Gasteiger partial charge on any atom is -0.489 e. The molecule has 0 spiro atoms.